The van der Waals surface area contributed by atoms with Crippen LogP contribution in [0.3, 0.4) is 0 Å². The number of nitrogens with one attached hydrogen (secondary N) is 1. The Kier molecular flexibility index (Phi) is 5.52. The number of rotatable bonds is 5. The highest BCUT2D eigenvalue weighted by Gasteiger charge is 2.02. The first-order chi connectivity index (χ1) is 6.72. The van der Waals surface area contributed by atoms with Gasteiger partial charge in [0.15, 0.2) is 0 Å². The first-order valence-electron chi connectivity index (χ1n) is 4.29. The second-order valence-corrected chi connectivity index (χ2v) is 5.70. The standard InChI is InChI=1S/C9H11BrClNOS/c10-8-4-3-7(14-8)6-12-9(13)2-1-5-11/h3-4H,1-2,5-6H2,(H,12,13). The zero-order valence-corrected chi connectivity index (χ0v) is 10.7. The lowest BCUT2D eigenvalue weighted by Crippen LogP contribution is -2.21. The lowest BCUT2D eigenvalue weighted by Gasteiger charge is -2.01. The molecule has 5 heteroatoms. The summed E-state index contributed by atoms with van der Waals surface area (Å²) in [4.78, 5) is 12.4. The molecule has 0 radical (unpaired) electrons. The van der Waals surface area contributed by atoms with Crippen LogP contribution >= 0.6 is 38.9 Å². The van der Waals surface area contributed by atoms with Gasteiger partial charge in [0.2, 0.25) is 5.91 Å². The van der Waals surface area contributed by atoms with Crippen molar-refractivity contribution in [2.45, 2.75) is 19.4 Å². The summed E-state index contributed by atoms with van der Waals surface area (Å²) in [5.74, 6) is 0.605. The quantitative estimate of drug-likeness (QED) is 0.831. The van der Waals surface area contributed by atoms with E-state index in [9.17, 15) is 4.79 Å². The van der Waals surface area contributed by atoms with Crippen LogP contribution in [0.1, 0.15) is 17.7 Å². The van der Waals surface area contributed by atoms with Gasteiger partial charge in [-0.25, -0.2) is 0 Å². The van der Waals surface area contributed by atoms with Gasteiger partial charge in [0, 0.05) is 17.2 Å². The van der Waals surface area contributed by atoms with E-state index >= 15 is 0 Å². The summed E-state index contributed by atoms with van der Waals surface area (Å²) in [6.07, 6.45) is 1.25. The molecule has 0 atom stereocenters. The Balaban J connectivity index is 2.23. The first kappa shape index (κ1) is 12.0. The van der Waals surface area contributed by atoms with Crippen molar-refractivity contribution in [2.24, 2.45) is 0 Å². The van der Waals surface area contributed by atoms with Crippen LogP contribution < -0.4 is 5.32 Å². The number of halogens is 2. The van der Waals surface area contributed by atoms with Gasteiger partial charge in [-0.05, 0) is 34.5 Å². The molecule has 0 unspecified atom stereocenters. The van der Waals surface area contributed by atoms with Crippen LogP contribution in [-0.2, 0) is 11.3 Å². The monoisotopic (exact) mass is 295 g/mol. The van der Waals surface area contributed by atoms with Crippen molar-refractivity contribution in [2.75, 3.05) is 5.88 Å². The number of hydrogen-bond acceptors (Lipinski definition) is 2. The zero-order valence-electron chi connectivity index (χ0n) is 7.56. The Labute approximate surface area is 101 Å². The Hall–Kier alpha value is -0.0600. The van der Waals surface area contributed by atoms with Crippen LogP contribution in [0.2, 0.25) is 0 Å². The average Bonchev–Trinajstić information content (AvgIpc) is 2.58. The SMILES string of the molecule is O=C(CCCCl)NCc1ccc(Br)s1. The van der Waals surface area contributed by atoms with Gasteiger partial charge in [-0.1, -0.05) is 0 Å². The third-order valence-corrected chi connectivity index (χ3v) is 3.52. The van der Waals surface area contributed by atoms with Crippen LogP contribution in [-0.4, -0.2) is 11.8 Å². The van der Waals surface area contributed by atoms with Crippen LogP contribution in [0, 0.1) is 0 Å². The maximum absolute atomic E-state index is 11.2. The van der Waals surface area contributed by atoms with Crippen molar-refractivity contribution in [3.05, 3.63) is 20.8 Å². The third kappa shape index (κ3) is 4.44. The molecule has 0 fully saturated rings. The highest BCUT2D eigenvalue weighted by Crippen LogP contribution is 2.21. The van der Waals surface area contributed by atoms with Crippen molar-refractivity contribution in [1.29, 1.82) is 0 Å². The normalized spacial score (nSPS) is 10.1. The molecule has 0 aliphatic carbocycles. The predicted octanol–water partition coefficient (Wildman–Crippen LogP) is 3.15. The molecular formula is C9H11BrClNOS. The summed E-state index contributed by atoms with van der Waals surface area (Å²) in [6.45, 7) is 0.609. The van der Waals surface area contributed by atoms with E-state index in [4.69, 9.17) is 11.6 Å². The Bertz CT molecular complexity index is 303. The fourth-order valence-electron chi connectivity index (χ4n) is 0.948. The molecule has 1 rings (SSSR count). The molecule has 0 aromatic carbocycles. The van der Waals surface area contributed by atoms with Gasteiger partial charge in [0.1, 0.15) is 0 Å². The van der Waals surface area contributed by atoms with Gasteiger partial charge >= 0.3 is 0 Å². The molecule has 0 spiro atoms. The molecule has 0 aliphatic rings. The molecular weight excluding hydrogens is 286 g/mol. The van der Waals surface area contributed by atoms with E-state index in [1.54, 1.807) is 11.3 Å². The molecule has 78 valence electrons. The summed E-state index contributed by atoms with van der Waals surface area (Å²) in [5.41, 5.74) is 0. The van der Waals surface area contributed by atoms with Crippen molar-refractivity contribution >= 4 is 44.8 Å². The highest BCUT2D eigenvalue weighted by atomic mass is 79.9. The summed E-state index contributed by atoms with van der Waals surface area (Å²) in [7, 11) is 0. The average molecular weight is 297 g/mol. The van der Waals surface area contributed by atoms with Gasteiger partial charge < -0.3 is 5.32 Å². The number of carbonyl (C=O) groups is 1. The number of carbonyl (C=O) groups excluding carboxylic acids is 1. The number of hydrogen-bond donors (Lipinski definition) is 1. The van der Waals surface area contributed by atoms with Gasteiger partial charge in [-0.3, -0.25) is 4.79 Å². The molecule has 0 bridgehead atoms. The molecule has 1 aromatic heterocycles. The maximum atomic E-state index is 11.2. The van der Waals surface area contributed by atoms with Crippen molar-refractivity contribution in [3.8, 4) is 0 Å². The number of amides is 1. The molecule has 0 saturated carbocycles. The summed E-state index contributed by atoms with van der Waals surface area (Å²) in [5, 5.41) is 2.84. The Morgan fingerprint density at radius 2 is 2.36 bits per heavy atom. The molecule has 1 aromatic rings. The van der Waals surface area contributed by atoms with E-state index < -0.39 is 0 Å². The number of thiophene rings is 1. The fraction of sp³-hybridized carbons (Fsp3) is 0.444. The van der Waals surface area contributed by atoms with Crippen LogP contribution in [0.5, 0.6) is 0 Å². The molecule has 0 aliphatic heterocycles. The van der Waals surface area contributed by atoms with Crippen molar-refractivity contribution in [1.82, 2.24) is 5.32 Å². The second kappa shape index (κ2) is 6.43. The summed E-state index contributed by atoms with van der Waals surface area (Å²) in [6, 6.07) is 3.97. The fourth-order valence-corrected chi connectivity index (χ4v) is 2.50. The van der Waals surface area contributed by atoms with E-state index in [-0.39, 0.29) is 5.91 Å². The molecule has 14 heavy (non-hydrogen) atoms. The lowest BCUT2D eigenvalue weighted by atomic mass is 10.3. The van der Waals surface area contributed by atoms with Crippen LogP contribution in [0.15, 0.2) is 15.9 Å². The smallest absolute Gasteiger partial charge is 0.220 e. The van der Waals surface area contributed by atoms with Crippen LogP contribution in [0.4, 0.5) is 0 Å². The third-order valence-electron chi connectivity index (χ3n) is 1.63. The Morgan fingerprint density at radius 3 is 2.93 bits per heavy atom. The van der Waals surface area contributed by atoms with Gasteiger partial charge in [-0.2, -0.15) is 0 Å². The molecule has 1 heterocycles. The van der Waals surface area contributed by atoms with E-state index in [1.165, 1.54) is 0 Å². The van der Waals surface area contributed by atoms with E-state index in [0.717, 1.165) is 15.1 Å². The largest absolute Gasteiger partial charge is 0.351 e. The zero-order chi connectivity index (χ0) is 10.4. The minimum absolute atomic E-state index is 0.0650. The highest BCUT2D eigenvalue weighted by molar-refractivity contribution is 9.11. The number of alkyl halides is 1. The Morgan fingerprint density at radius 1 is 1.57 bits per heavy atom. The predicted molar refractivity (Wildman–Crippen MR) is 63.8 cm³/mol. The molecule has 2 nitrogen and oxygen atoms in total. The van der Waals surface area contributed by atoms with Gasteiger partial charge in [0.25, 0.3) is 0 Å². The molecule has 1 N–H and O–H groups in total. The second-order valence-electron chi connectivity index (χ2n) is 2.78. The molecule has 0 saturated heterocycles. The van der Waals surface area contributed by atoms with Gasteiger partial charge in [-0.15, -0.1) is 22.9 Å². The van der Waals surface area contributed by atoms with Gasteiger partial charge in [0.05, 0.1) is 10.3 Å². The van der Waals surface area contributed by atoms with Crippen LogP contribution in [0.25, 0.3) is 0 Å². The maximum Gasteiger partial charge on any atom is 0.220 e. The van der Waals surface area contributed by atoms with Crippen molar-refractivity contribution < 1.29 is 4.79 Å². The van der Waals surface area contributed by atoms with Crippen molar-refractivity contribution in [3.63, 3.8) is 0 Å². The first-order valence-corrected chi connectivity index (χ1v) is 6.43. The van der Waals surface area contributed by atoms with E-state index in [2.05, 4.69) is 21.2 Å². The molecule has 1 amide bonds. The minimum Gasteiger partial charge on any atom is -0.351 e. The lowest BCUT2D eigenvalue weighted by molar-refractivity contribution is -0.121. The minimum atomic E-state index is 0.0650. The van der Waals surface area contributed by atoms with E-state index in [1.807, 2.05) is 12.1 Å². The summed E-state index contributed by atoms with van der Waals surface area (Å²) < 4.78 is 1.09. The van der Waals surface area contributed by atoms with E-state index in [0.29, 0.717) is 18.8 Å². The summed E-state index contributed by atoms with van der Waals surface area (Å²) >= 11 is 10.5. The topological polar surface area (TPSA) is 29.1 Å².